The van der Waals surface area contributed by atoms with Crippen LogP contribution in [0.4, 0.5) is 11.4 Å². The van der Waals surface area contributed by atoms with Crippen molar-refractivity contribution in [1.29, 1.82) is 0 Å². The summed E-state index contributed by atoms with van der Waals surface area (Å²) in [5, 5.41) is 3.34. The Bertz CT molecular complexity index is 950. The summed E-state index contributed by atoms with van der Waals surface area (Å²) in [4.78, 5) is 11.7. The number of hydrogen-bond acceptors (Lipinski definition) is 4. The first-order valence-corrected chi connectivity index (χ1v) is 8.36. The van der Waals surface area contributed by atoms with E-state index >= 15 is 0 Å². The van der Waals surface area contributed by atoms with E-state index in [-0.39, 0.29) is 0 Å². The highest BCUT2D eigenvalue weighted by Gasteiger charge is 2.05. The van der Waals surface area contributed by atoms with Crippen LogP contribution in [-0.2, 0) is 6.61 Å². The minimum absolute atomic E-state index is 0.408. The van der Waals surface area contributed by atoms with Gasteiger partial charge in [-0.25, -0.2) is 4.98 Å². The summed E-state index contributed by atoms with van der Waals surface area (Å²) in [6, 6.07) is 21.8. The molecule has 0 atom stereocenters. The fraction of sp³-hybridized carbons (Fsp3) is 0.0476. The number of pyridine rings is 1. The summed E-state index contributed by atoms with van der Waals surface area (Å²) >= 11 is 0. The predicted octanol–water partition coefficient (Wildman–Crippen LogP) is 4.79. The van der Waals surface area contributed by atoms with Crippen molar-refractivity contribution in [3.8, 4) is 17.0 Å². The lowest BCUT2D eigenvalue weighted by Gasteiger charge is -2.06. The average molecular weight is 342 g/mol. The maximum absolute atomic E-state index is 5.72. The van der Waals surface area contributed by atoms with Crippen molar-refractivity contribution in [3.63, 3.8) is 0 Å². The molecule has 0 saturated heterocycles. The van der Waals surface area contributed by atoms with Crippen LogP contribution in [0.2, 0.25) is 0 Å². The van der Waals surface area contributed by atoms with Gasteiger partial charge in [-0.05, 0) is 42.0 Å². The van der Waals surface area contributed by atoms with Gasteiger partial charge in [0.15, 0.2) is 0 Å². The number of aromatic amines is 1. The van der Waals surface area contributed by atoms with Crippen LogP contribution in [-0.4, -0.2) is 15.0 Å². The minimum atomic E-state index is 0.408. The van der Waals surface area contributed by atoms with Gasteiger partial charge in [0, 0.05) is 23.8 Å². The Hall–Kier alpha value is -3.60. The monoisotopic (exact) mass is 342 g/mol. The van der Waals surface area contributed by atoms with Gasteiger partial charge in [-0.3, -0.25) is 4.98 Å². The third-order valence-corrected chi connectivity index (χ3v) is 3.91. The summed E-state index contributed by atoms with van der Waals surface area (Å²) in [7, 11) is 0. The molecule has 2 aromatic carbocycles. The van der Waals surface area contributed by atoms with Gasteiger partial charge in [0.2, 0.25) is 0 Å². The van der Waals surface area contributed by atoms with Crippen molar-refractivity contribution < 1.29 is 4.74 Å². The van der Waals surface area contributed by atoms with E-state index in [2.05, 4.69) is 32.4 Å². The lowest BCUT2D eigenvalue weighted by atomic mass is 10.1. The number of rotatable bonds is 6. The van der Waals surface area contributed by atoms with E-state index in [0.29, 0.717) is 6.61 Å². The molecule has 0 saturated carbocycles. The Morgan fingerprint density at radius 3 is 2.35 bits per heavy atom. The summed E-state index contributed by atoms with van der Waals surface area (Å²) in [6.45, 7) is 0.408. The highest BCUT2D eigenvalue weighted by atomic mass is 16.5. The van der Waals surface area contributed by atoms with Gasteiger partial charge in [-0.1, -0.05) is 30.3 Å². The number of hydrogen-bond donors (Lipinski definition) is 2. The quantitative estimate of drug-likeness (QED) is 0.528. The van der Waals surface area contributed by atoms with Gasteiger partial charge < -0.3 is 15.0 Å². The van der Waals surface area contributed by atoms with E-state index in [4.69, 9.17) is 4.74 Å². The topological polar surface area (TPSA) is 62.8 Å². The fourth-order valence-electron chi connectivity index (χ4n) is 2.59. The zero-order chi connectivity index (χ0) is 17.6. The van der Waals surface area contributed by atoms with Gasteiger partial charge in [0.05, 0.1) is 11.9 Å². The average Bonchev–Trinajstić information content (AvgIpc) is 3.18. The molecule has 0 aliphatic carbocycles. The molecule has 5 nitrogen and oxygen atoms in total. The summed E-state index contributed by atoms with van der Waals surface area (Å²) in [6.07, 6.45) is 5.36. The van der Waals surface area contributed by atoms with Crippen molar-refractivity contribution in [1.82, 2.24) is 15.0 Å². The molecule has 2 aromatic heterocycles. The van der Waals surface area contributed by atoms with Crippen molar-refractivity contribution in [2.75, 3.05) is 5.32 Å². The van der Waals surface area contributed by atoms with Crippen LogP contribution in [0, 0.1) is 0 Å². The third kappa shape index (κ3) is 3.89. The smallest absolute Gasteiger partial charge is 0.146 e. The predicted molar refractivity (Wildman–Crippen MR) is 102 cm³/mol. The van der Waals surface area contributed by atoms with Crippen LogP contribution in [0.15, 0.2) is 85.3 Å². The molecule has 0 radical (unpaired) electrons. The standard InChI is InChI=1S/C21H18N4O/c1-2-4-19(5-3-1)26-15-21-23-14-20(25-21)16-6-8-17(9-7-16)24-18-10-12-22-13-11-18/h1-14H,15H2,(H,22,24)(H,23,25). The highest BCUT2D eigenvalue weighted by molar-refractivity contribution is 5.65. The Balaban J connectivity index is 1.41. The van der Waals surface area contributed by atoms with Crippen molar-refractivity contribution in [3.05, 3.63) is 91.1 Å². The van der Waals surface area contributed by atoms with Gasteiger partial charge in [-0.2, -0.15) is 0 Å². The Kier molecular flexibility index (Phi) is 4.60. The molecule has 0 unspecified atom stereocenters. The van der Waals surface area contributed by atoms with Gasteiger partial charge in [0.25, 0.3) is 0 Å². The third-order valence-electron chi connectivity index (χ3n) is 3.91. The molecule has 4 aromatic rings. The molecule has 5 heteroatoms. The van der Waals surface area contributed by atoms with E-state index in [0.717, 1.165) is 34.2 Å². The number of nitrogens with one attached hydrogen (secondary N) is 2. The second-order valence-corrected chi connectivity index (χ2v) is 5.78. The largest absolute Gasteiger partial charge is 0.486 e. The molecule has 0 aliphatic rings. The van der Waals surface area contributed by atoms with Crippen LogP contribution in [0.5, 0.6) is 5.75 Å². The maximum atomic E-state index is 5.72. The summed E-state index contributed by atoms with van der Waals surface area (Å²) < 4.78 is 5.72. The van der Waals surface area contributed by atoms with E-state index in [1.165, 1.54) is 0 Å². The minimum Gasteiger partial charge on any atom is -0.486 e. The Morgan fingerprint density at radius 2 is 1.58 bits per heavy atom. The van der Waals surface area contributed by atoms with Crippen molar-refractivity contribution >= 4 is 11.4 Å². The molecule has 0 fully saturated rings. The molecule has 0 spiro atoms. The molecule has 26 heavy (non-hydrogen) atoms. The number of ether oxygens (including phenoxy) is 1. The lowest BCUT2D eigenvalue weighted by molar-refractivity contribution is 0.297. The van der Waals surface area contributed by atoms with E-state index in [1.807, 2.05) is 60.8 Å². The van der Waals surface area contributed by atoms with Crippen molar-refractivity contribution in [2.24, 2.45) is 0 Å². The summed E-state index contributed by atoms with van der Waals surface area (Å²) in [5.41, 5.74) is 4.07. The number of H-pyrrole nitrogens is 1. The zero-order valence-electron chi connectivity index (χ0n) is 14.1. The number of para-hydroxylation sites is 1. The molecule has 2 N–H and O–H groups in total. The zero-order valence-corrected chi connectivity index (χ0v) is 14.1. The molecule has 4 rings (SSSR count). The second-order valence-electron chi connectivity index (χ2n) is 5.78. The van der Waals surface area contributed by atoms with E-state index in [1.54, 1.807) is 12.4 Å². The van der Waals surface area contributed by atoms with Crippen molar-refractivity contribution in [2.45, 2.75) is 6.61 Å². The number of nitrogens with zero attached hydrogens (tertiary/aromatic N) is 2. The second kappa shape index (κ2) is 7.53. The van der Waals surface area contributed by atoms with Gasteiger partial charge in [0.1, 0.15) is 18.2 Å². The van der Waals surface area contributed by atoms with Crippen LogP contribution < -0.4 is 10.1 Å². The first-order valence-electron chi connectivity index (χ1n) is 8.36. The van der Waals surface area contributed by atoms with Crippen LogP contribution in [0.25, 0.3) is 11.3 Å². The molecule has 2 heterocycles. The Morgan fingerprint density at radius 1 is 0.846 bits per heavy atom. The van der Waals surface area contributed by atoms with Crippen LogP contribution in [0.1, 0.15) is 5.82 Å². The van der Waals surface area contributed by atoms with Gasteiger partial charge >= 0.3 is 0 Å². The molecular weight excluding hydrogens is 324 g/mol. The first-order chi connectivity index (χ1) is 12.9. The molecule has 0 amide bonds. The first kappa shape index (κ1) is 15.9. The molecule has 0 bridgehead atoms. The Labute approximate surface area is 151 Å². The number of anilines is 2. The summed E-state index contributed by atoms with van der Waals surface area (Å²) in [5.74, 6) is 1.62. The van der Waals surface area contributed by atoms with Gasteiger partial charge in [-0.15, -0.1) is 0 Å². The maximum Gasteiger partial charge on any atom is 0.146 e. The molecule has 128 valence electrons. The fourth-order valence-corrected chi connectivity index (χ4v) is 2.59. The number of benzene rings is 2. The lowest BCUT2D eigenvalue weighted by Crippen LogP contribution is -1.97. The van der Waals surface area contributed by atoms with Crippen LogP contribution >= 0.6 is 0 Å². The SMILES string of the molecule is c1ccc(OCc2ncc(-c3ccc(Nc4ccncc4)cc3)[nH]2)cc1. The van der Waals surface area contributed by atoms with Crippen LogP contribution in [0.3, 0.4) is 0 Å². The number of imidazole rings is 1. The molecule has 0 aliphatic heterocycles. The highest BCUT2D eigenvalue weighted by Crippen LogP contribution is 2.22. The molecular formula is C21H18N4O. The normalized spacial score (nSPS) is 10.5. The van der Waals surface area contributed by atoms with E-state index in [9.17, 15) is 0 Å². The number of aromatic nitrogens is 3. The van der Waals surface area contributed by atoms with E-state index < -0.39 is 0 Å².